The normalized spacial score (nSPS) is 11.5. The largest absolute Gasteiger partial charge is 0.483 e. The van der Waals surface area contributed by atoms with Crippen LogP contribution in [0, 0.1) is 6.92 Å². The fraction of sp³-hybridized carbons (Fsp3) is 0.316. The van der Waals surface area contributed by atoms with Crippen molar-refractivity contribution in [3.05, 3.63) is 59.4 Å². The Morgan fingerprint density at radius 1 is 1.25 bits per heavy atom. The predicted molar refractivity (Wildman–Crippen MR) is 95.3 cm³/mol. The summed E-state index contributed by atoms with van der Waals surface area (Å²) in [6, 6.07) is 9.65. The van der Waals surface area contributed by atoms with Gasteiger partial charge in [0, 0.05) is 12.4 Å². The van der Waals surface area contributed by atoms with Crippen molar-refractivity contribution in [2.24, 2.45) is 5.10 Å². The second kappa shape index (κ2) is 7.73. The first-order valence-electron chi connectivity index (χ1n) is 7.82. The number of hydrazone groups is 1. The van der Waals surface area contributed by atoms with Crippen LogP contribution in [0.4, 0.5) is 0 Å². The molecule has 2 rings (SSSR count). The summed E-state index contributed by atoms with van der Waals surface area (Å²) in [5.41, 5.74) is 5.43. The Hall–Kier alpha value is -2.69. The summed E-state index contributed by atoms with van der Waals surface area (Å²) in [6.45, 7) is 8.26. The average molecular weight is 325 g/mol. The van der Waals surface area contributed by atoms with Gasteiger partial charge in [-0.15, -0.1) is 0 Å². The van der Waals surface area contributed by atoms with Crippen LogP contribution in [0.1, 0.15) is 37.5 Å². The molecule has 5 heteroatoms. The first-order valence-corrected chi connectivity index (χ1v) is 7.82. The fourth-order valence-electron chi connectivity index (χ4n) is 2.17. The van der Waals surface area contributed by atoms with Crippen LogP contribution in [0.2, 0.25) is 0 Å². The van der Waals surface area contributed by atoms with Gasteiger partial charge in [0.1, 0.15) is 5.75 Å². The predicted octanol–water partition coefficient (Wildman–Crippen LogP) is 3.22. The van der Waals surface area contributed by atoms with E-state index in [0.717, 1.165) is 22.4 Å². The molecule has 0 saturated carbocycles. The number of carbonyl (C=O) groups excluding carboxylic acids is 1. The van der Waals surface area contributed by atoms with Crippen molar-refractivity contribution in [3.63, 3.8) is 0 Å². The molecule has 0 spiro atoms. The Bertz CT molecular complexity index is 719. The van der Waals surface area contributed by atoms with Gasteiger partial charge >= 0.3 is 0 Å². The molecular weight excluding hydrogens is 302 g/mol. The van der Waals surface area contributed by atoms with Crippen molar-refractivity contribution in [3.8, 4) is 5.75 Å². The molecule has 1 amide bonds. The first kappa shape index (κ1) is 17.7. The first-order chi connectivity index (χ1) is 11.4. The second-order valence-corrected chi connectivity index (χ2v) is 6.61. The zero-order valence-corrected chi connectivity index (χ0v) is 14.5. The van der Waals surface area contributed by atoms with Gasteiger partial charge in [0.25, 0.3) is 5.91 Å². The van der Waals surface area contributed by atoms with Crippen LogP contribution in [-0.4, -0.2) is 23.7 Å². The van der Waals surface area contributed by atoms with Crippen molar-refractivity contribution >= 4 is 12.1 Å². The van der Waals surface area contributed by atoms with Crippen molar-refractivity contribution in [1.82, 2.24) is 10.4 Å². The highest BCUT2D eigenvalue weighted by atomic mass is 16.5. The molecule has 0 aliphatic heterocycles. The minimum atomic E-state index is -0.304. The SMILES string of the molecule is Cc1ccc(C(C)(C)C)c(OCC(=O)N/N=C/c2ccncc2)c1. The van der Waals surface area contributed by atoms with Crippen LogP contribution >= 0.6 is 0 Å². The molecule has 1 aromatic heterocycles. The standard InChI is InChI=1S/C19H23N3O2/c1-14-5-6-16(19(2,3)4)17(11-14)24-13-18(23)22-21-12-15-7-9-20-10-8-15/h5-12H,13H2,1-4H3,(H,22,23)/b21-12+. The number of hydrogen-bond donors (Lipinski definition) is 1. The Morgan fingerprint density at radius 2 is 1.96 bits per heavy atom. The molecule has 0 fully saturated rings. The Balaban J connectivity index is 1.94. The summed E-state index contributed by atoms with van der Waals surface area (Å²) in [7, 11) is 0. The van der Waals surface area contributed by atoms with Crippen LogP contribution < -0.4 is 10.2 Å². The number of nitrogens with one attached hydrogen (secondary N) is 1. The van der Waals surface area contributed by atoms with E-state index in [1.807, 2.05) is 25.1 Å². The topological polar surface area (TPSA) is 63.6 Å². The molecule has 24 heavy (non-hydrogen) atoms. The highest BCUT2D eigenvalue weighted by Crippen LogP contribution is 2.31. The van der Waals surface area contributed by atoms with Crippen LogP contribution in [0.3, 0.4) is 0 Å². The van der Waals surface area contributed by atoms with Crippen molar-refractivity contribution in [2.45, 2.75) is 33.1 Å². The maximum Gasteiger partial charge on any atom is 0.277 e. The number of pyridine rings is 1. The van der Waals surface area contributed by atoms with Crippen LogP contribution in [0.15, 0.2) is 47.8 Å². The molecule has 1 N–H and O–H groups in total. The van der Waals surface area contributed by atoms with Gasteiger partial charge in [-0.05, 0) is 47.2 Å². The van der Waals surface area contributed by atoms with Gasteiger partial charge in [-0.3, -0.25) is 9.78 Å². The van der Waals surface area contributed by atoms with E-state index in [9.17, 15) is 4.79 Å². The summed E-state index contributed by atoms with van der Waals surface area (Å²) < 4.78 is 5.71. The van der Waals surface area contributed by atoms with Gasteiger partial charge in [0.15, 0.2) is 6.61 Å². The molecule has 0 aliphatic carbocycles. The number of ether oxygens (including phenoxy) is 1. The van der Waals surface area contributed by atoms with E-state index in [-0.39, 0.29) is 17.9 Å². The lowest BCUT2D eigenvalue weighted by atomic mass is 9.86. The van der Waals surface area contributed by atoms with Gasteiger partial charge in [0.2, 0.25) is 0 Å². The zero-order chi connectivity index (χ0) is 17.6. The minimum Gasteiger partial charge on any atom is -0.483 e. The van der Waals surface area contributed by atoms with Crippen LogP contribution in [0.5, 0.6) is 5.75 Å². The van der Waals surface area contributed by atoms with E-state index in [2.05, 4.69) is 36.3 Å². The number of aryl methyl sites for hydroxylation is 1. The van der Waals surface area contributed by atoms with Gasteiger partial charge in [-0.25, -0.2) is 5.43 Å². The van der Waals surface area contributed by atoms with E-state index < -0.39 is 0 Å². The molecule has 5 nitrogen and oxygen atoms in total. The third kappa shape index (κ3) is 5.19. The Morgan fingerprint density at radius 3 is 2.62 bits per heavy atom. The number of hydrogen-bond acceptors (Lipinski definition) is 4. The Labute approximate surface area is 142 Å². The molecule has 0 radical (unpaired) electrons. The number of rotatable bonds is 5. The molecule has 0 unspecified atom stereocenters. The Kier molecular flexibility index (Phi) is 5.68. The number of aromatic nitrogens is 1. The minimum absolute atomic E-state index is 0.0565. The number of carbonyl (C=O) groups is 1. The lowest BCUT2D eigenvalue weighted by Crippen LogP contribution is -2.25. The highest BCUT2D eigenvalue weighted by molar-refractivity contribution is 5.82. The monoisotopic (exact) mass is 325 g/mol. The van der Waals surface area contributed by atoms with Crippen LogP contribution in [-0.2, 0) is 10.2 Å². The zero-order valence-electron chi connectivity index (χ0n) is 14.5. The lowest BCUT2D eigenvalue weighted by Gasteiger charge is -2.23. The number of benzene rings is 1. The summed E-state index contributed by atoms with van der Waals surface area (Å²) in [5.74, 6) is 0.428. The van der Waals surface area contributed by atoms with E-state index in [0.29, 0.717) is 0 Å². The molecular formula is C19H23N3O2. The summed E-state index contributed by atoms with van der Waals surface area (Å²) in [5, 5.41) is 3.91. The summed E-state index contributed by atoms with van der Waals surface area (Å²) in [6.07, 6.45) is 4.89. The van der Waals surface area contributed by atoms with E-state index in [1.54, 1.807) is 30.7 Å². The van der Waals surface area contributed by atoms with Gasteiger partial charge in [-0.2, -0.15) is 5.10 Å². The van der Waals surface area contributed by atoms with Gasteiger partial charge in [0.05, 0.1) is 6.21 Å². The molecule has 126 valence electrons. The van der Waals surface area contributed by atoms with Gasteiger partial charge < -0.3 is 4.74 Å². The lowest BCUT2D eigenvalue weighted by molar-refractivity contribution is -0.123. The average Bonchev–Trinajstić information content (AvgIpc) is 2.53. The summed E-state index contributed by atoms with van der Waals surface area (Å²) in [4.78, 5) is 15.8. The molecule has 0 aliphatic rings. The molecule has 1 heterocycles. The van der Waals surface area contributed by atoms with Gasteiger partial charge in [-0.1, -0.05) is 32.9 Å². The molecule has 0 atom stereocenters. The maximum absolute atomic E-state index is 11.9. The quantitative estimate of drug-likeness (QED) is 0.678. The number of amides is 1. The van der Waals surface area contributed by atoms with Crippen molar-refractivity contribution in [2.75, 3.05) is 6.61 Å². The number of nitrogens with zero attached hydrogens (tertiary/aromatic N) is 2. The third-order valence-electron chi connectivity index (χ3n) is 3.41. The maximum atomic E-state index is 11.9. The smallest absolute Gasteiger partial charge is 0.277 e. The molecule has 0 bridgehead atoms. The second-order valence-electron chi connectivity index (χ2n) is 6.61. The highest BCUT2D eigenvalue weighted by Gasteiger charge is 2.19. The van der Waals surface area contributed by atoms with E-state index in [1.165, 1.54) is 0 Å². The van der Waals surface area contributed by atoms with E-state index >= 15 is 0 Å². The van der Waals surface area contributed by atoms with Crippen molar-refractivity contribution < 1.29 is 9.53 Å². The summed E-state index contributed by atoms with van der Waals surface area (Å²) >= 11 is 0. The fourth-order valence-corrected chi connectivity index (χ4v) is 2.17. The molecule has 0 saturated heterocycles. The van der Waals surface area contributed by atoms with E-state index in [4.69, 9.17) is 4.74 Å². The van der Waals surface area contributed by atoms with Crippen molar-refractivity contribution in [1.29, 1.82) is 0 Å². The molecule has 2 aromatic rings. The van der Waals surface area contributed by atoms with Crippen LogP contribution in [0.25, 0.3) is 0 Å². The molecule has 1 aromatic carbocycles. The third-order valence-corrected chi connectivity index (χ3v) is 3.41.